The van der Waals surface area contributed by atoms with Gasteiger partial charge in [-0.25, -0.2) is 4.98 Å². The molecule has 2 aromatic rings. The van der Waals surface area contributed by atoms with Crippen LogP contribution in [0.5, 0.6) is 0 Å². The second kappa shape index (κ2) is 5.38. The predicted molar refractivity (Wildman–Crippen MR) is 79.7 cm³/mol. The number of hydrogen-bond donors (Lipinski definition) is 2. The third kappa shape index (κ3) is 2.37. The molecular weight excluding hydrogens is 252 g/mol. The van der Waals surface area contributed by atoms with Crippen molar-refractivity contribution in [2.75, 3.05) is 18.0 Å². The standard InChI is InChI=1S/C16H20N2O2/c1-11-6-7-18(9-15(11)20)16-8-12(10-19)13-4-2-3-5-14(13)17-16/h2-5,8,11,15,19-20H,6-7,9-10H2,1H3. The van der Waals surface area contributed by atoms with E-state index in [-0.39, 0.29) is 12.7 Å². The Morgan fingerprint density at radius 1 is 1.35 bits per heavy atom. The van der Waals surface area contributed by atoms with Crippen LogP contribution in [0.3, 0.4) is 0 Å². The summed E-state index contributed by atoms with van der Waals surface area (Å²) in [6, 6.07) is 9.78. The predicted octanol–water partition coefficient (Wildman–Crippen LogP) is 1.93. The molecule has 0 bridgehead atoms. The Bertz CT molecular complexity index is 614. The number of rotatable bonds is 2. The summed E-state index contributed by atoms with van der Waals surface area (Å²) in [6.07, 6.45) is 0.652. The molecule has 0 saturated carbocycles. The Morgan fingerprint density at radius 2 is 2.15 bits per heavy atom. The second-order valence-corrected chi connectivity index (χ2v) is 5.59. The molecule has 4 nitrogen and oxygen atoms in total. The highest BCUT2D eigenvalue weighted by atomic mass is 16.3. The van der Waals surface area contributed by atoms with Gasteiger partial charge in [-0.2, -0.15) is 0 Å². The number of aliphatic hydroxyl groups excluding tert-OH is 2. The Labute approximate surface area is 118 Å². The zero-order valence-corrected chi connectivity index (χ0v) is 11.7. The number of hydrogen-bond acceptors (Lipinski definition) is 4. The number of fused-ring (bicyclic) bond motifs is 1. The summed E-state index contributed by atoms with van der Waals surface area (Å²) in [5, 5.41) is 20.6. The normalized spacial score (nSPS) is 23.2. The number of para-hydroxylation sites is 1. The van der Waals surface area contributed by atoms with E-state index in [1.165, 1.54) is 0 Å². The number of pyridine rings is 1. The van der Waals surface area contributed by atoms with E-state index in [0.717, 1.165) is 35.2 Å². The van der Waals surface area contributed by atoms with Crippen molar-refractivity contribution in [3.8, 4) is 0 Å². The van der Waals surface area contributed by atoms with Crippen molar-refractivity contribution in [3.05, 3.63) is 35.9 Å². The van der Waals surface area contributed by atoms with Gasteiger partial charge in [0.2, 0.25) is 0 Å². The molecule has 2 atom stereocenters. The maximum Gasteiger partial charge on any atom is 0.129 e. The SMILES string of the molecule is CC1CCN(c2cc(CO)c3ccccc3n2)CC1O. The van der Waals surface area contributed by atoms with E-state index < -0.39 is 0 Å². The number of piperidine rings is 1. The maximum atomic E-state index is 10.0. The number of aromatic nitrogens is 1. The average Bonchev–Trinajstić information content (AvgIpc) is 2.49. The van der Waals surface area contributed by atoms with Gasteiger partial charge in [0.25, 0.3) is 0 Å². The highest BCUT2D eigenvalue weighted by molar-refractivity contribution is 5.84. The summed E-state index contributed by atoms with van der Waals surface area (Å²) in [4.78, 5) is 6.78. The monoisotopic (exact) mass is 272 g/mol. The van der Waals surface area contributed by atoms with Gasteiger partial charge >= 0.3 is 0 Å². The topological polar surface area (TPSA) is 56.6 Å². The van der Waals surface area contributed by atoms with Gasteiger partial charge < -0.3 is 15.1 Å². The number of nitrogens with zero attached hydrogens (tertiary/aromatic N) is 2. The Hall–Kier alpha value is -1.65. The van der Waals surface area contributed by atoms with Crippen LogP contribution in [0.25, 0.3) is 10.9 Å². The molecule has 20 heavy (non-hydrogen) atoms. The quantitative estimate of drug-likeness (QED) is 0.877. The average molecular weight is 272 g/mol. The van der Waals surface area contributed by atoms with Gasteiger partial charge in [0, 0.05) is 18.5 Å². The van der Waals surface area contributed by atoms with Crippen LogP contribution >= 0.6 is 0 Å². The zero-order chi connectivity index (χ0) is 14.1. The van der Waals surface area contributed by atoms with E-state index in [1.807, 2.05) is 30.3 Å². The highest BCUT2D eigenvalue weighted by Crippen LogP contribution is 2.26. The third-order valence-corrected chi connectivity index (χ3v) is 4.20. The number of benzene rings is 1. The Balaban J connectivity index is 1.99. The maximum absolute atomic E-state index is 10.0. The van der Waals surface area contributed by atoms with Gasteiger partial charge in [-0.05, 0) is 30.0 Å². The molecule has 0 aliphatic carbocycles. The lowest BCUT2D eigenvalue weighted by Gasteiger charge is -2.35. The van der Waals surface area contributed by atoms with Crippen molar-refractivity contribution in [1.29, 1.82) is 0 Å². The first-order valence-corrected chi connectivity index (χ1v) is 7.11. The van der Waals surface area contributed by atoms with Crippen molar-refractivity contribution in [2.45, 2.75) is 26.1 Å². The molecule has 0 amide bonds. The smallest absolute Gasteiger partial charge is 0.129 e. The van der Waals surface area contributed by atoms with Crippen LogP contribution in [-0.2, 0) is 6.61 Å². The van der Waals surface area contributed by atoms with E-state index in [0.29, 0.717) is 12.5 Å². The molecule has 1 aromatic heterocycles. The van der Waals surface area contributed by atoms with Crippen LogP contribution < -0.4 is 4.90 Å². The molecule has 1 aromatic carbocycles. The lowest BCUT2D eigenvalue weighted by molar-refractivity contribution is 0.102. The summed E-state index contributed by atoms with van der Waals surface area (Å²) < 4.78 is 0. The fraction of sp³-hybridized carbons (Fsp3) is 0.438. The summed E-state index contributed by atoms with van der Waals surface area (Å²) >= 11 is 0. The van der Waals surface area contributed by atoms with Gasteiger partial charge in [0.1, 0.15) is 5.82 Å². The molecular formula is C16H20N2O2. The van der Waals surface area contributed by atoms with E-state index in [4.69, 9.17) is 0 Å². The molecule has 3 rings (SSSR count). The van der Waals surface area contributed by atoms with E-state index in [2.05, 4.69) is 16.8 Å². The minimum Gasteiger partial charge on any atom is -0.392 e. The van der Waals surface area contributed by atoms with Crippen LogP contribution in [0, 0.1) is 5.92 Å². The Kier molecular flexibility index (Phi) is 3.59. The van der Waals surface area contributed by atoms with E-state index in [1.54, 1.807) is 0 Å². The van der Waals surface area contributed by atoms with Crippen molar-refractivity contribution in [1.82, 2.24) is 4.98 Å². The van der Waals surface area contributed by atoms with Crippen LogP contribution in [0.4, 0.5) is 5.82 Å². The van der Waals surface area contributed by atoms with Crippen molar-refractivity contribution in [2.24, 2.45) is 5.92 Å². The van der Waals surface area contributed by atoms with Crippen molar-refractivity contribution < 1.29 is 10.2 Å². The fourth-order valence-corrected chi connectivity index (χ4v) is 2.78. The minimum atomic E-state index is -0.311. The molecule has 2 N–H and O–H groups in total. The van der Waals surface area contributed by atoms with Crippen LogP contribution in [0.1, 0.15) is 18.9 Å². The molecule has 1 saturated heterocycles. The summed E-state index contributed by atoms with van der Waals surface area (Å²) in [5.41, 5.74) is 1.78. The number of aliphatic hydroxyl groups is 2. The van der Waals surface area contributed by atoms with E-state index in [9.17, 15) is 10.2 Å². The first-order chi connectivity index (χ1) is 9.69. The van der Waals surface area contributed by atoms with Crippen molar-refractivity contribution >= 4 is 16.7 Å². The number of anilines is 1. The van der Waals surface area contributed by atoms with Crippen LogP contribution in [-0.4, -0.2) is 34.4 Å². The molecule has 1 aliphatic rings. The van der Waals surface area contributed by atoms with E-state index >= 15 is 0 Å². The molecule has 0 radical (unpaired) electrons. The zero-order valence-electron chi connectivity index (χ0n) is 11.7. The molecule has 106 valence electrons. The van der Waals surface area contributed by atoms with Gasteiger partial charge in [0.15, 0.2) is 0 Å². The molecule has 1 fully saturated rings. The van der Waals surface area contributed by atoms with Crippen LogP contribution in [0.15, 0.2) is 30.3 Å². The highest BCUT2D eigenvalue weighted by Gasteiger charge is 2.25. The third-order valence-electron chi connectivity index (χ3n) is 4.20. The fourth-order valence-electron chi connectivity index (χ4n) is 2.78. The first-order valence-electron chi connectivity index (χ1n) is 7.11. The summed E-state index contributed by atoms with van der Waals surface area (Å²) in [7, 11) is 0. The largest absolute Gasteiger partial charge is 0.392 e. The van der Waals surface area contributed by atoms with Gasteiger partial charge in [-0.1, -0.05) is 25.1 Å². The molecule has 2 unspecified atom stereocenters. The molecule has 2 heterocycles. The molecule has 1 aliphatic heterocycles. The lowest BCUT2D eigenvalue weighted by atomic mass is 9.96. The van der Waals surface area contributed by atoms with Crippen molar-refractivity contribution in [3.63, 3.8) is 0 Å². The molecule has 0 spiro atoms. The van der Waals surface area contributed by atoms with Crippen LogP contribution in [0.2, 0.25) is 0 Å². The Morgan fingerprint density at radius 3 is 2.90 bits per heavy atom. The number of β-amino-alcohol motifs (C(OH)–C–C–N with tert-alkyl or cyclic N) is 1. The lowest BCUT2D eigenvalue weighted by Crippen LogP contribution is -2.43. The summed E-state index contributed by atoms with van der Waals surface area (Å²) in [6.45, 7) is 3.59. The second-order valence-electron chi connectivity index (χ2n) is 5.59. The summed E-state index contributed by atoms with van der Waals surface area (Å²) in [5.74, 6) is 1.18. The first kappa shape index (κ1) is 13.3. The molecule has 4 heteroatoms. The van der Waals surface area contributed by atoms with Gasteiger partial charge in [0.05, 0.1) is 18.2 Å². The van der Waals surface area contributed by atoms with Gasteiger partial charge in [-0.3, -0.25) is 0 Å². The minimum absolute atomic E-state index is 0.00281. The van der Waals surface area contributed by atoms with Gasteiger partial charge in [-0.15, -0.1) is 0 Å².